The Labute approximate surface area is 263 Å². The van der Waals surface area contributed by atoms with Gasteiger partial charge < -0.3 is 55.1 Å². The minimum absolute atomic E-state index is 0.205. The molecule has 11 nitrogen and oxygen atoms in total. The van der Waals surface area contributed by atoms with Crippen LogP contribution in [0.4, 0.5) is 0 Å². The lowest BCUT2D eigenvalue weighted by Crippen LogP contribution is -2.62. The van der Waals surface area contributed by atoms with Crippen molar-refractivity contribution in [1.29, 1.82) is 0 Å². The highest BCUT2D eigenvalue weighted by molar-refractivity contribution is 6.66. The predicted octanol–water partition coefficient (Wildman–Crippen LogP) is -0.154. The Kier molecular flexibility index (Phi) is 10.00. The zero-order valence-electron chi connectivity index (χ0n) is 20.1. The summed E-state index contributed by atoms with van der Waals surface area (Å²) in [6.45, 7) is -2.32. The van der Waals surface area contributed by atoms with Crippen molar-refractivity contribution in [1.82, 2.24) is 0 Å². The van der Waals surface area contributed by atoms with E-state index in [4.69, 9.17) is 106 Å². The maximum absolute atomic E-state index is 10.00. The van der Waals surface area contributed by atoms with E-state index < -0.39 is 88.7 Å². The van der Waals surface area contributed by atoms with Crippen molar-refractivity contribution in [3.8, 4) is 0 Å². The van der Waals surface area contributed by atoms with Crippen LogP contribution < -0.4 is 0 Å². The first-order chi connectivity index (χ1) is 18.5. The molecular weight excluding hydrogens is 688 g/mol. The number of allylic oxidation sites excluding steroid dienone is 4. The topological polar surface area (TPSA) is 190 Å². The zero-order chi connectivity index (χ0) is 30.2. The van der Waals surface area contributed by atoms with Crippen molar-refractivity contribution in [3.05, 3.63) is 22.2 Å². The fraction of sp³-hybridized carbons (Fsp3) is 0.818. The lowest BCUT2D eigenvalue weighted by molar-refractivity contribution is -0.383. The summed E-state index contributed by atoms with van der Waals surface area (Å²) in [6.07, 6.45) is -8.96. The third kappa shape index (κ3) is 4.59. The van der Waals surface area contributed by atoms with Gasteiger partial charge in [0.2, 0.25) is 5.79 Å². The number of hydrogen-bond acceptors (Lipinski definition) is 11. The number of fused-ring (bicyclic) bond motifs is 5. The van der Waals surface area contributed by atoms with Crippen molar-refractivity contribution in [2.75, 3.05) is 19.8 Å². The lowest BCUT2D eigenvalue weighted by Gasteiger charge is -2.43. The van der Waals surface area contributed by atoms with Crippen LogP contribution >= 0.6 is 81.2 Å². The van der Waals surface area contributed by atoms with Crippen LogP contribution in [0.1, 0.15) is 0 Å². The van der Waals surface area contributed by atoms with Gasteiger partial charge in [-0.1, -0.05) is 58.6 Å². The van der Waals surface area contributed by atoms with Crippen LogP contribution in [0, 0.1) is 11.8 Å². The molecule has 2 heterocycles. The SMILES string of the molecule is ClC1=C(Cl)C2(Cl)C3C(Cl)C=CC3C1(Cl)C2(Cl)Cl.OC[C@H]1O[C@@](CO)(O[C@H]2O[C@H](CO)[C@@H](O)[C@H](O)[C@H]2O)[C@@H](O)[C@@H]1O. The van der Waals surface area contributed by atoms with Gasteiger partial charge in [0.1, 0.15) is 59.1 Å². The molecule has 5 rings (SSSR count). The Morgan fingerprint density at radius 1 is 0.775 bits per heavy atom. The van der Waals surface area contributed by atoms with E-state index in [2.05, 4.69) is 0 Å². The van der Waals surface area contributed by atoms with Gasteiger partial charge in [-0.2, -0.15) is 0 Å². The van der Waals surface area contributed by atoms with Crippen LogP contribution in [0.15, 0.2) is 22.2 Å². The van der Waals surface area contributed by atoms with E-state index in [-0.39, 0.29) is 27.3 Å². The van der Waals surface area contributed by atoms with Gasteiger partial charge in [0.05, 0.1) is 28.7 Å². The highest BCUT2D eigenvalue weighted by Crippen LogP contribution is 2.78. The Balaban J connectivity index is 0.000000192. The Bertz CT molecular complexity index is 1040. The Morgan fingerprint density at radius 3 is 1.88 bits per heavy atom. The van der Waals surface area contributed by atoms with Gasteiger partial charge in [0, 0.05) is 11.8 Å². The molecule has 40 heavy (non-hydrogen) atoms. The predicted molar refractivity (Wildman–Crippen MR) is 145 cm³/mol. The largest absolute Gasteiger partial charge is 0.394 e. The normalized spacial score (nSPS) is 52.6. The molecule has 0 aromatic heterocycles. The van der Waals surface area contributed by atoms with Gasteiger partial charge in [0.15, 0.2) is 10.6 Å². The standard InChI is InChI=1S/C12H22O11.C10H5Cl7/c13-1-4-6(16)8(18)9(19)11(21-4)23-12(3-15)10(20)7(17)5(2-14)22-12;11-4-2-1-3-5(4)9(15)7(13)6(12)8(3,14)10(9,16)17/h4-11,13-20H,1-3H2;1-5H/t4-,5-,6-,7-,8+,9-,10+,11-,12+;/m1./s1. The highest BCUT2D eigenvalue weighted by atomic mass is 35.5. The maximum atomic E-state index is 10.00. The van der Waals surface area contributed by atoms with Gasteiger partial charge in [0.25, 0.3) is 0 Å². The minimum atomic E-state index is -2.22. The van der Waals surface area contributed by atoms with Gasteiger partial charge in [-0.15, -0.1) is 34.8 Å². The van der Waals surface area contributed by atoms with Crippen molar-refractivity contribution in [2.24, 2.45) is 11.8 Å². The van der Waals surface area contributed by atoms with Crippen LogP contribution in [0.3, 0.4) is 0 Å². The molecule has 0 spiro atoms. The first-order valence-corrected chi connectivity index (χ1v) is 14.6. The number of ether oxygens (including phenoxy) is 3. The quantitative estimate of drug-likeness (QED) is 0.140. The molecule has 1 saturated carbocycles. The number of halogens is 7. The number of alkyl halides is 5. The third-order valence-corrected chi connectivity index (χ3v) is 12.7. The number of aliphatic hydroxyl groups is 8. The first kappa shape index (κ1) is 34.0. The second-order valence-electron chi connectivity index (χ2n) is 10.1. The molecule has 3 aliphatic carbocycles. The first-order valence-electron chi connectivity index (χ1n) is 11.9. The van der Waals surface area contributed by atoms with Crippen molar-refractivity contribution < 1.29 is 55.1 Å². The molecule has 3 fully saturated rings. The molecule has 8 N–H and O–H groups in total. The number of hydrogen-bond donors (Lipinski definition) is 8. The van der Waals surface area contributed by atoms with Gasteiger partial charge in [-0.25, -0.2) is 0 Å². The summed E-state index contributed by atoms with van der Waals surface area (Å²) >= 11 is 44.5. The molecule has 0 aromatic carbocycles. The van der Waals surface area contributed by atoms with Crippen molar-refractivity contribution in [3.63, 3.8) is 0 Å². The van der Waals surface area contributed by atoms with E-state index >= 15 is 0 Å². The summed E-state index contributed by atoms with van der Waals surface area (Å²) in [5.74, 6) is -2.69. The molecule has 2 bridgehead atoms. The molecule has 18 heteroatoms. The summed E-state index contributed by atoms with van der Waals surface area (Å²) in [6, 6.07) is 0. The van der Waals surface area contributed by atoms with E-state index in [0.717, 1.165) is 0 Å². The van der Waals surface area contributed by atoms with Gasteiger partial charge in [-0.05, 0) is 0 Å². The van der Waals surface area contributed by atoms with E-state index in [1.54, 1.807) is 0 Å². The van der Waals surface area contributed by atoms with E-state index in [9.17, 15) is 30.6 Å². The molecular formula is C22H27Cl7O11. The Hall–Kier alpha value is 1.07. The van der Waals surface area contributed by atoms with Crippen LogP contribution in [0.5, 0.6) is 0 Å². The average Bonchev–Trinajstić information content (AvgIpc) is 3.51. The molecule has 230 valence electrons. The highest BCUT2D eigenvalue weighted by Gasteiger charge is 2.83. The van der Waals surface area contributed by atoms with Gasteiger partial charge in [-0.3, -0.25) is 0 Å². The number of rotatable bonds is 5. The van der Waals surface area contributed by atoms with Crippen LogP contribution in [-0.4, -0.2) is 135 Å². The zero-order valence-corrected chi connectivity index (χ0v) is 25.4. The fourth-order valence-corrected chi connectivity index (χ4v) is 9.23. The molecule has 0 amide bonds. The summed E-state index contributed by atoms with van der Waals surface area (Å²) in [4.78, 5) is -2.45. The molecule has 0 aromatic rings. The van der Waals surface area contributed by atoms with E-state index in [0.29, 0.717) is 0 Å². The number of aliphatic hydroxyl groups excluding tert-OH is 8. The third-order valence-electron chi connectivity index (χ3n) is 7.97. The summed E-state index contributed by atoms with van der Waals surface area (Å²) in [7, 11) is 0. The smallest absolute Gasteiger partial charge is 0.224 e. The summed E-state index contributed by atoms with van der Waals surface area (Å²) in [5, 5.41) is 76.8. The minimum Gasteiger partial charge on any atom is -0.394 e. The summed E-state index contributed by atoms with van der Waals surface area (Å²) < 4.78 is 14.0. The monoisotopic (exact) mass is 712 g/mol. The summed E-state index contributed by atoms with van der Waals surface area (Å²) in [5.41, 5.74) is 0. The second-order valence-corrected chi connectivity index (χ2v) is 13.8. The van der Waals surface area contributed by atoms with Crippen LogP contribution in [-0.2, 0) is 14.2 Å². The molecule has 14 atom stereocenters. The Morgan fingerprint density at radius 2 is 1.35 bits per heavy atom. The molecule has 2 saturated heterocycles. The fourth-order valence-electron chi connectivity index (χ4n) is 5.71. The molecule has 5 unspecified atom stereocenters. The molecule has 0 radical (unpaired) electrons. The van der Waals surface area contributed by atoms with Gasteiger partial charge >= 0.3 is 0 Å². The lowest BCUT2D eigenvalue weighted by atomic mass is 9.84. The van der Waals surface area contributed by atoms with E-state index in [1.165, 1.54) is 0 Å². The van der Waals surface area contributed by atoms with Crippen LogP contribution in [0.2, 0.25) is 0 Å². The second kappa shape index (κ2) is 11.8. The maximum Gasteiger partial charge on any atom is 0.224 e. The van der Waals surface area contributed by atoms with Crippen molar-refractivity contribution >= 4 is 81.2 Å². The van der Waals surface area contributed by atoms with Crippen molar-refractivity contribution in [2.45, 2.75) is 74.3 Å². The average molecular weight is 716 g/mol. The van der Waals surface area contributed by atoms with Crippen LogP contribution in [0.25, 0.3) is 0 Å². The van der Waals surface area contributed by atoms with E-state index in [1.807, 2.05) is 12.2 Å². The molecule has 5 aliphatic rings. The molecule has 2 aliphatic heterocycles.